The Labute approximate surface area is 159 Å². The van der Waals surface area contributed by atoms with Crippen LogP contribution in [0.3, 0.4) is 0 Å². The smallest absolute Gasteiger partial charge is 0.228 e. The van der Waals surface area contributed by atoms with E-state index in [1.807, 2.05) is 67.6 Å². The molecule has 5 heteroatoms. The van der Waals surface area contributed by atoms with Crippen LogP contribution in [0.2, 0.25) is 0 Å². The number of hydrogen-bond acceptors (Lipinski definition) is 4. The Balaban J connectivity index is 1.49. The maximum Gasteiger partial charge on any atom is 0.228 e. The number of amides is 1. The zero-order chi connectivity index (χ0) is 19.1. The van der Waals surface area contributed by atoms with E-state index < -0.39 is 0 Å². The second-order valence-electron chi connectivity index (χ2n) is 6.40. The average molecular weight is 364 g/mol. The summed E-state index contributed by atoms with van der Waals surface area (Å²) in [5.41, 5.74) is 1.59. The molecule has 0 saturated carbocycles. The van der Waals surface area contributed by atoms with Crippen molar-refractivity contribution in [3.8, 4) is 17.2 Å². The second kappa shape index (κ2) is 9.03. The van der Waals surface area contributed by atoms with Crippen molar-refractivity contribution in [2.75, 3.05) is 20.2 Å². The number of hydrogen-bond donors (Lipinski definition) is 0. The van der Waals surface area contributed by atoms with Crippen molar-refractivity contribution < 1.29 is 13.9 Å². The lowest BCUT2D eigenvalue weighted by Crippen LogP contribution is -2.30. The van der Waals surface area contributed by atoms with Crippen molar-refractivity contribution in [3.05, 3.63) is 72.1 Å². The van der Waals surface area contributed by atoms with Crippen LogP contribution in [0, 0.1) is 6.92 Å². The van der Waals surface area contributed by atoms with Gasteiger partial charge in [-0.05, 0) is 37.6 Å². The van der Waals surface area contributed by atoms with Crippen LogP contribution in [-0.4, -0.2) is 36.0 Å². The number of carbonyl (C=O) groups is 1. The number of aromatic nitrogens is 1. The van der Waals surface area contributed by atoms with Gasteiger partial charge >= 0.3 is 0 Å². The van der Waals surface area contributed by atoms with Crippen LogP contribution in [0.5, 0.6) is 5.75 Å². The van der Waals surface area contributed by atoms with Crippen LogP contribution in [0.1, 0.15) is 17.9 Å². The fourth-order valence-electron chi connectivity index (χ4n) is 2.71. The lowest BCUT2D eigenvalue weighted by molar-refractivity contribution is -0.129. The van der Waals surface area contributed by atoms with Gasteiger partial charge in [-0.1, -0.05) is 36.4 Å². The topological polar surface area (TPSA) is 55.6 Å². The van der Waals surface area contributed by atoms with Crippen molar-refractivity contribution in [2.24, 2.45) is 0 Å². The predicted molar refractivity (Wildman–Crippen MR) is 105 cm³/mol. The summed E-state index contributed by atoms with van der Waals surface area (Å²) in [6.45, 7) is 3.05. The van der Waals surface area contributed by atoms with Gasteiger partial charge in [-0.15, -0.1) is 0 Å². The van der Waals surface area contributed by atoms with Gasteiger partial charge < -0.3 is 14.1 Å². The van der Waals surface area contributed by atoms with Gasteiger partial charge in [-0.3, -0.25) is 4.79 Å². The highest BCUT2D eigenvalue weighted by Gasteiger charge is 2.17. The van der Waals surface area contributed by atoms with E-state index in [4.69, 9.17) is 9.15 Å². The first-order valence-corrected chi connectivity index (χ1v) is 9.07. The van der Waals surface area contributed by atoms with Crippen molar-refractivity contribution in [3.63, 3.8) is 0 Å². The molecule has 0 unspecified atom stereocenters. The molecule has 0 atom stereocenters. The number of ether oxygens (including phenoxy) is 1. The van der Waals surface area contributed by atoms with Crippen LogP contribution >= 0.6 is 0 Å². The van der Waals surface area contributed by atoms with Gasteiger partial charge in [0, 0.05) is 19.2 Å². The number of aryl methyl sites for hydroxylation is 1. The molecule has 0 spiro atoms. The standard InChI is InChI=1S/C22H24N2O3/c1-17-20(23-22(27-17)18-10-5-3-6-11-18)16-21(25)24(2)14-9-15-26-19-12-7-4-8-13-19/h3-8,10-13H,9,14-16H2,1-2H3. The first-order chi connectivity index (χ1) is 13.1. The number of oxazole rings is 1. The van der Waals surface area contributed by atoms with E-state index in [0.717, 1.165) is 17.7 Å². The maximum atomic E-state index is 12.5. The normalized spacial score (nSPS) is 10.6. The lowest BCUT2D eigenvalue weighted by Gasteiger charge is -2.16. The number of rotatable bonds is 8. The number of likely N-dealkylation sites (N-methyl/N-ethyl adjacent to an activating group) is 1. The lowest BCUT2D eigenvalue weighted by atomic mass is 10.2. The average Bonchev–Trinajstić information content (AvgIpc) is 3.07. The molecular weight excluding hydrogens is 340 g/mol. The van der Waals surface area contributed by atoms with Gasteiger partial charge in [0.15, 0.2) is 0 Å². The Morgan fingerprint density at radius 1 is 1.07 bits per heavy atom. The largest absolute Gasteiger partial charge is 0.494 e. The van der Waals surface area contributed by atoms with Gasteiger partial charge in [-0.25, -0.2) is 4.98 Å². The molecule has 2 aromatic carbocycles. The number of para-hydroxylation sites is 1. The molecule has 1 heterocycles. The Kier molecular flexibility index (Phi) is 6.26. The van der Waals surface area contributed by atoms with Crippen molar-refractivity contribution in [1.29, 1.82) is 0 Å². The maximum absolute atomic E-state index is 12.5. The van der Waals surface area contributed by atoms with Crippen molar-refractivity contribution in [1.82, 2.24) is 9.88 Å². The summed E-state index contributed by atoms with van der Waals surface area (Å²) in [5.74, 6) is 2.10. The third-order valence-corrected chi connectivity index (χ3v) is 4.31. The summed E-state index contributed by atoms with van der Waals surface area (Å²) in [6, 6.07) is 19.4. The summed E-state index contributed by atoms with van der Waals surface area (Å²) in [5, 5.41) is 0. The molecule has 5 nitrogen and oxygen atoms in total. The highest BCUT2D eigenvalue weighted by atomic mass is 16.5. The van der Waals surface area contributed by atoms with E-state index in [2.05, 4.69) is 4.98 Å². The van der Waals surface area contributed by atoms with E-state index in [0.29, 0.717) is 30.5 Å². The van der Waals surface area contributed by atoms with E-state index in [9.17, 15) is 4.79 Å². The van der Waals surface area contributed by atoms with Crippen molar-refractivity contribution in [2.45, 2.75) is 19.8 Å². The molecule has 0 bridgehead atoms. The summed E-state index contributed by atoms with van der Waals surface area (Å²) >= 11 is 0. The van der Waals surface area contributed by atoms with Gasteiger partial charge in [0.1, 0.15) is 11.5 Å². The fourth-order valence-corrected chi connectivity index (χ4v) is 2.71. The fraction of sp³-hybridized carbons (Fsp3) is 0.273. The first-order valence-electron chi connectivity index (χ1n) is 9.07. The molecule has 1 aromatic heterocycles. The second-order valence-corrected chi connectivity index (χ2v) is 6.40. The first kappa shape index (κ1) is 18.7. The number of benzene rings is 2. The van der Waals surface area contributed by atoms with E-state index in [1.54, 1.807) is 11.9 Å². The molecule has 0 aliphatic carbocycles. The summed E-state index contributed by atoms with van der Waals surface area (Å²) in [6.07, 6.45) is 1.00. The van der Waals surface area contributed by atoms with Gasteiger partial charge in [0.05, 0.1) is 18.7 Å². The highest BCUT2D eigenvalue weighted by molar-refractivity contribution is 5.78. The molecule has 3 rings (SSSR count). The molecule has 0 saturated heterocycles. The molecular formula is C22H24N2O3. The molecule has 0 fully saturated rings. The third kappa shape index (κ3) is 5.20. The molecule has 140 valence electrons. The van der Waals surface area contributed by atoms with Crippen LogP contribution in [0.15, 0.2) is 65.1 Å². The number of carbonyl (C=O) groups excluding carboxylic acids is 1. The minimum Gasteiger partial charge on any atom is -0.494 e. The minimum absolute atomic E-state index is 0.0192. The SMILES string of the molecule is Cc1oc(-c2ccccc2)nc1CC(=O)N(C)CCCOc1ccccc1. The van der Waals surface area contributed by atoms with E-state index in [1.165, 1.54) is 0 Å². The summed E-state index contributed by atoms with van der Waals surface area (Å²) in [7, 11) is 1.80. The van der Waals surface area contributed by atoms with Crippen LogP contribution in [0.25, 0.3) is 11.5 Å². The molecule has 0 aliphatic heterocycles. The van der Waals surface area contributed by atoms with Gasteiger partial charge in [-0.2, -0.15) is 0 Å². The summed E-state index contributed by atoms with van der Waals surface area (Å²) in [4.78, 5) is 18.7. The Morgan fingerprint density at radius 2 is 1.74 bits per heavy atom. The van der Waals surface area contributed by atoms with E-state index >= 15 is 0 Å². The van der Waals surface area contributed by atoms with E-state index in [-0.39, 0.29) is 12.3 Å². The Hall–Kier alpha value is -3.08. The molecule has 1 amide bonds. The minimum atomic E-state index is 0.0192. The molecule has 3 aromatic rings. The monoisotopic (exact) mass is 364 g/mol. The molecule has 0 radical (unpaired) electrons. The Morgan fingerprint density at radius 3 is 2.44 bits per heavy atom. The summed E-state index contributed by atoms with van der Waals surface area (Å²) < 4.78 is 11.4. The quantitative estimate of drug-likeness (QED) is 0.564. The zero-order valence-corrected chi connectivity index (χ0v) is 15.7. The van der Waals surface area contributed by atoms with Crippen LogP contribution in [-0.2, 0) is 11.2 Å². The molecule has 0 N–H and O–H groups in total. The predicted octanol–water partition coefficient (Wildman–Crippen LogP) is 4.12. The third-order valence-electron chi connectivity index (χ3n) is 4.31. The van der Waals surface area contributed by atoms with Gasteiger partial charge in [0.2, 0.25) is 11.8 Å². The highest BCUT2D eigenvalue weighted by Crippen LogP contribution is 2.21. The molecule has 0 aliphatic rings. The number of nitrogens with zero attached hydrogens (tertiary/aromatic N) is 2. The zero-order valence-electron chi connectivity index (χ0n) is 15.7. The van der Waals surface area contributed by atoms with Crippen LogP contribution in [0.4, 0.5) is 0 Å². The van der Waals surface area contributed by atoms with Gasteiger partial charge in [0.25, 0.3) is 0 Å². The van der Waals surface area contributed by atoms with Crippen molar-refractivity contribution >= 4 is 5.91 Å². The molecule has 27 heavy (non-hydrogen) atoms. The Bertz CT molecular complexity index is 860. The van der Waals surface area contributed by atoms with Crippen LogP contribution < -0.4 is 4.74 Å².